The van der Waals surface area contributed by atoms with Gasteiger partial charge in [0, 0.05) is 19.6 Å². The largest absolute Gasteiger partial charge is 0.444 e. The lowest BCUT2D eigenvalue weighted by molar-refractivity contribution is -0.115. The van der Waals surface area contributed by atoms with Crippen molar-refractivity contribution < 1.29 is 18.7 Å². The van der Waals surface area contributed by atoms with Gasteiger partial charge in [-0.25, -0.2) is 9.18 Å². The van der Waals surface area contributed by atoms with Gasteiger partial charge in [0.1, 0.15) is 23.5 Å². The van der Waals surface area contributed by atoms with Crippen LogP contribution in [-0.2, 0) is 9.53 Å². The number of ether oxygens (including phenoxy) is 1. The van der Waals surface area contributed by atoms with Gasteiger partial charge in [-0.3, -0.25) is 4.79 Å². The molecule has 0 aromatic heterocycles. The molecule has 1 aliphatic heterocycles. The Kier molecular flexibility index (Phi) is 7.21. The van der Waals surface area contributed by atoms with E-state index in [1.807, 2.05) is 20.8 Å². The summed E-state index contributed by atoms with van der Waals surface area (Å²) in [6.45, 7) is 7.33. The number of halogens is 1. The molecule has 7 nitrogen and oxygen atoms in total. The van der Waals surface area contributed by atoms with E-state index in [-0.39, 0.29) is 18.2 Å². The van der Waals surface area contributed by atoms with Crippen molar-refractivity contribution in [3.8, 4) is 6.07 Å². The molecule has 28 heavy (non-hydrogen) atoms. The normalized spacial score (nSPS) is 14.9. The van der Waals surface area contributed by atoms with E-state index in [2.05, 4.69) is 10.6 Å². The summed E-state index contributed by atoms with van der Waals surface area (Å²) in [4.78, 5) is 25.5. The highest BCUT2D eigenvalue weighted by molar-refractivity contribution is 5.95. The van der Waals surface area contributed by atoms with Gasteiger partial charge < -0.3 is 20.3 Å². The van der Waals surface area contributed by atoms with Crippen LogP contribution in [0.25, 0.3) is 0 Å². The summed E-state index contributed by atoms with van der Waals surface area (Å²) in [5.41, 5.74) is 0.00833. The van der Waals surface area contributed by atoms with Crippen LogP contribution in [0.15, 0.2) is 18.2 Å². The molecule has 0 bridgehead atoms. The molecule has 0 atom stereocenters. The van der Waals surface area contributed by atoms with Gasteiger partial charge in [0.2, 0.25) is 5.91 Å². The Morgan fingerprint density at radius 3 is 2.61 bits per heavy atom. The minimum atomic E-state index is -0.559. The topological polar surface area (TPSA) is 94.5 Å². The van der Waals surface area contributed by atoms with Crippen LogP contribution in [0.2, 0.25) is 0 Å². The molecular weight excluding hydrogens is 363 g/mol. The third-order valence-electron chi connectivity index (χ3n) is 4.37. The van der Waals surface area contributed by atoms with E-state index >= 15 is 0 Å². The van der Waals surface area contributed by atoms with Crippen LogP contribution in [-0.4, -0.2) is 42.1 Å². The quantitative estimate of drug-likeness (QED) is 0.799. The van der Waals surface area contributed by atoms with Crippen molar-refractivity contribution in [2.24, 2.45) is 5.92 Å². The molecule has 1 aromatic carbocycles. The highest BCUT2D eigenvalue weighted by atomic mass is 19.1. The number of carbonyl (C=O) groups excluding carboxylic acids is 2. The number of nitrogens with one attached hydrogen (secondary N) is 2. The number of benzene rings is 1. The van der Waals surface area contributed by atoms with Gasteiger partial charge in [0.25, 0.3) is 0 Å². The number of rotatable bonds is 5. The van der Waals surface area contributed by atoms with Crippen molar-refractivity contribution in [2.45, 2.75) is 45.6 Å². The Morgan fingerprint density at radius 1 is 1.32 bits per heavy atom. The molecule has 152 valence electrons. The zero-order valence-corrected chi connectivity index (χ0v) is 16.5. The van der Waals surface area contributed by atoms with Crippen molar-refractivity contribution in [2.75, 3.05) is 30.3 Å². The molecule has 0 saturated carbocycles. The summed E-state index contributed by atoms with van der Waals surface area (Å²) in [6.07, 6.45) is 0.971. The Balaban J connectivity index is 1.89. The van der Waals surface area contributed by atoms with E-state index in [4.69, 9.17) is 10.00 Å². The first-order valence-corrected chi connectivity index (χ1v) is 9.36. The fraction of sp³-hybridized carbons (Fsp3) is 0.550. The van der Waals surface area contributed by atoms with Crippen molar-refractivity contribution in [3.05, 3.63) is 24.0 Å². The van der Waals surface area contributed by atoms with Crippen molar-refractivity contribution >= 4 is 23.4 Å². The number of hydrogen-bond acceptors (Lipinski definition) is 5. The first-order chi connectivity index (χ1) is 13.2. The molecule has 8 heteroatoms. The number of hydrogen-bond donors (Lipinski definition) is 2. The minimum Gasteiger partial charge on any atom is -0.444 e. The molecular formula is C20H27FN4O3. The van der Waals surface area contributed by atoms with Crippen LogP contribution in [0.5, 0.6) is 0 Å². The van der Waals surface area contributed by atoms with Crippen LogP contribution in [0.3, 0.4) is 0 Å². The lowest BCUT2D eigenvalue weighted by Gasteiger charge is -2.33. The van der Waals surface area contributed by atoms with E-state index < -0.39 is 17.3 Å². The molecule has 2 amide bonds. The first-order valence-electron chi connectivity index (χ1n) is 9.36. The van der Waals surface area contributed by atoms with Crippen LogP contribution in [0.4, 0.5) is 20.6 Å². The number of piperidine rings is 1. The first kappa shape index (κ1) is 21.5. The lowest BCUT2D eigenvalue weighted by Crippen LogP contribution is -2.42. The lowest BCUT2D eigenvalue weighted by atomic mass is 9.97. The number of nitrogens with zero attached hydrogens (tertiary/aromatic N) is 2. The molecule has 1 saturated heterocycles. The third-order valence-corrected chi connectivity index (χ3v) is 4.37. The van der Waals surface area contributed by atoms with Gasteiger partial charge in [-0.1, -0.05) is 6.07 Å². The summed E-state index contributed by atoms with van der Waals surface area (Å²) < 4.78 is 19.5. The smallest absolute Gasteiger partial charge is 0.410 e. The maximum absolute atomic E-state index is 14.1. The maximum Gasteiger partial charge on any atom is 0.410 e. The molecule has 1 fully saturated rings. The third kappa shape index (κ3) is 6.41. The number of nitriles is 1. The second-order valence-electron chi connectivity index (χ2n) is 7.84. The fourth-order valence-electron chi connectivity index (χ4n) is 2.95. The molecule has 0 aliphatic carbocycles. The summed E-state index contributed by atoms with van der Waals surface area (Å²) in [5, 5.41) is 14.2. The van der Waals surface area contributed by atoms with Gasteiger partial charge in [0.15, 0.2) is 0 Å². The molecule has 2 N–H and O–H groups in total. The maximum atomic E-state index is 14.1. The second kappa shape index (κ2) is 9.40. The van der Waals surface area contributed by atoms with Gasteiger partial charge in [0.05, 0.1) is 11.8 Å². The monoisotopic (exact) mass is 390 g/mol. The van der Waals surface area contributed by atoms with Gasteiger partial charge in [-0.15, -0.1) is 0 Å². The van der Waals surface area contributed by atoms with E-state index in [1.54, 1.807) is 23.1 Å². The van der Waals surface area contributed by atoms with Gasteiger partial charge in [-0.05, 0) is 51.7 Å². The predicted octanol–water partition coefficient (Wildman–Crippen LogP) is 3.74. The number of carbonyl (C=O) groups is 2. The van der Waals surface area contributed by atoms with Crippen molar-refractivity contribution in [1.82, 2.24) is 4.90 Å². The second-order valence-corrected chi connectivity index (χ2v) is 7.84. The molecule has 2 rings (SSSR count). The Bertz CT molecular complexity index is 747. The highest BCUT2D eigenvalue weighted by Crippen LogP contribution is 2.27. The zero-order chi connectivity index (χ0) is 20.7. The highest BCUT2D eigenvalue weighted by Gasteiger charge is 2.27. The SMILES string of the molecule is CC(C)(C)OC(=O)N1CCC(CNc2cccc(F)c2NC(=O)CC#N)CC1. The zero-order valence-electron chi connectivity index (χ0n) is 16.5. The Morgan fingerprint density at radius 2 is 2.00 bits per heavy atom. The van der Waals surface area contributed by atoms with Gasteiger partial charge in [-0.2, -0.15) is 5.26 Å². The van der Waals surface area contributed by atoms with Crippen LogP contribution in [0, 0.1) is 23.1 Å². The van der Waals surface area contributed by atoms with Crippen molar-refractivity contribution in [1.29, 1.82) is 5.26 Å². The average Bonchev–Trinajstić information content (AvgIpc) is 2.61. The standard InChI is InChI=1S/C20H27FN4O3/c1-20(2,3)28-19(27)25-11-8-14(9-12-25)13-23-16-6-4-5-15(21)18(16)24-17(26)7-10-22/h4-6,14,23H,7-9,11-13H2,1-3H3,(H,24,26). The van der Waals surface area contributed by atoms with Crippen LogP contribution >= 0.6 is 0 Å². The molecule has 0 radical (unpaired) electrons. The molecule has 0 spiro atoms. The summed E-state index contributed by atoms with van der Waals surface area (Å²) in [7, 11) is 0. The summed E-state index contributed by atoms with van der Waals surface area (Å²) in [5.74, 6) is -0.804. The molecule has 1 aliphatic rings. The van der Waals surface area contributed by atoms with E-state index in [0.29, 0.717) is 31.2 Å². The number of para-hydroxylation sites is 1. The predicted molar refractivity (Wildman–Crippen MR) is 104 cm³/mol. The summed E-state index contributed by atoms with van der Waals surface area (Å²) >= 11 is 0. The van der Waals surface area contributed by atoms with E-state index in [9.17, 15) is 14.0 Å². The Labute approximate surface area is 164 Å². The van der Waals surface area contributed by atoms with Gasteiger partial charge >= 0.3 is 6.09 Å². The molecule has 0 unspecified atom stereocenters. The molecule has 1 aromatic rings. The van der Waals surface area contributed by atoms with E-state index in [0.717, 1.165) is 12.8 Å². The number of anilines is 2. The summed E-state index contributed by atoms with van der Waals surface area (Å²) in [6, 6.07) is 6.24. The Hall–Kier alpha value is -2.82. The molecule has 1 heterocycles. The number of likely N-dealkylation sites (tertiary alicyclic amines) is 1. The van der Waals surface area contributed by atoms with Crippen LogP contribution in [0.1, 0.15) is 40.0 Å². The van der Waals surface area contributed by atoms with Crippen molar-refractivity contribution in [3.63, 3.8) is 0 Å². The average molecular weight is 390 g/mol. The number of amides is 2. The van der Waals surface area contributed by atoms with E-state index in [1.165, 1.54) is 6.07 Å². The minimum absolute atomic E-state index is 0.0499. The van der Waals surface area contributed by atoms with Crippen LogP contribution < -0.4 is 10.6 Å². The fourth-order valence-corrected chi connectivity index (χ4v) is 2.95.